The number of carbonyl (C=O) groups is 3. The van der Waals surface area contributed by atoms with Crippen LogP contribution < -0.4 is 0 Å². The molecular formula is C11H10BrNO4. The van der Waals surface area contributed by atoms with E-state index in [-0.39, 0.29) is 40.8 Å². The van der Waals surface area contributed by atoms with E-state index in [0.29, 0.717) is 5.06 Å². The summed E-state index contributed by atoms with van der Waals surface area (Å²) in [6.45, 7) is 0. The summed E-state index contributed by atoms with van der Waals surface area (Å²) in [5, 5.41) is 0.621. The Kier molecular flexibility index (Phi) is 2.36. The fraction of sp³-hybridized carbons (Fsp3) is 0.545. The van der Waals surface area contributed by atoms with Gasteiger partial charge in [-0.15, -0.1) is 5.06 Å². The third-order valence-corrected chi connectivity index (χ3v) is 4.19. The van der Waals surface area contributed by atoms with Crippen molar-refractivity contribution in [3.05, 3.63) is 12.2 Å². The molecule has 0 aromatic rings. The van der Waals surface area contributed by atoms with Crippen LogP contribution in [0.1, 0.15) is 6.42 Å². The molecule has 2 bridgehead atoms. The van der Waals surface area contributed by atoms with E-state index in [9.17, 15) is 14.4 Å². The van der Waals surface area contributed by atoms with E-state index in [4.69, 9.17) is 4.84 Å². The van der Waals surface area contributed by atoms with Gasteiger partial charge in [-0.2, -0.15) is 0 Å². The molecule has 3 aliphatic rings. The maximum absolute atomic E-state index is 12.0. The number of amides is 2. The zero-order valence-corrected chi connectivity index (χ0v) is 10.4. The van der Waals surface area contributed by atoms with Gasteiger partial charge in [0.2, 0.25) is 0 Å². The van der Waals surface area contributed by atoms with Crippen LogP contribution in [0.5, 0.6) is 0 Å². The molecule has 1 saturated heterocycles. The van der Waals surface area contributed by atoms with Gasteiger partial charge < -0.3 is 4.84 Å². The minimum Gasteiger partial charge on any atom is -0.329 e. The summed E-state index contributed by atoms with van der Waals surface area (Å²) < 4.78 is 0. The SMILES string of the molecule is O=C(CBr)ON1C(=O)C2C(C1=O)[C@H]1C=C[C@@H]2C1. The van der Waals surface area contributed by atoms with Crippen molar-refractivity contribution < 1.29 is 19.2 Å². The Labute approximate surface area is 106 Å². The summed E-state index contributed by atoms with van der Waals surface area (Å²) in [7, 11) is 0. The Morgan fingerprint density at radius 1 is 1.29 bits per heavy atom. The first kappa shape index (κ1) is 11.0. The van der Waals surface area contributed by atoms with Gasteiger partial charge in [-0.25, -0.2) is 4.79 Å². The van der Waals surface area contributed by atoms with Gasteiger partial charge in [-0.3, -0.25) is 9.59 Å². The van der Waals surface area contributed by atoms with Crippen molar-refractivity contribution in [3.63, 3.8) is 0 Å². The standard InChI is InChI=1S/C11H10BrNO4/c12-4-7(14)17-13-10(15)8-5-1-2-6(3-5)9(8)11(13)16/h1-2,5-6,8-9H,3-4H2/t5-,6+,8?,9?. The molecular weight excluding hydrogens is 290 g/mol. The number of carbonyl (C=O) groups excluding carboxylic acids is 3. The predicted molar refractivity (Wildman–Crippen MR) is 59.5 cm³/mol. The van der Waals surface area contributed by atoms with E-state index in [1.807, 2.05) is 12.2 Å². The molecule has 2 aliphatic carbocycles. The van der Waals surface area contributed by atoms with Crippen LogP contribution in [0.3, 0.4) is 0 Å². The number of alkyl halides is 1. The average Bonchev–Trinajstić information content (AvgIpc) is 2.98. The van der Waals surface area contributed by atoms with Crippen LogP contribution in [-0.2, 0) is 19.2 Å². The molecule has 0 radical (unpaired) electrons. The lowest BCUT2D eigenvalue weighted by Crippen LogP contribution is -2.35. The fourth-order valence-corrected chi connectivity index (χ4v) is 3.19. The van der Waals surface area contributed by atoms with E-state index >= 15 is 0 Å². The van der Waals surface area contributed by atoms with E-state index in [1.54, 1.807) is 0 Å². The first-order valence-corrected chi connectivity index (χ1v) is 6.58. The number of hydroxylamine groups is 2. The Bertz CT molecular complexity index is 417. The van der Waals surface area contributed by atoms with E-state index < -0.39 is 5.97 Å². The second-order valence-corrected chi connectivity index (χ2v) is 5.13. The van der Waals surface area contributed by atoms with Gasteiger partial charge in [0.15, 0.2) is 0 Å². The Morgan fingerprint density at radius 2 is 1.82 bits per heavy atom. The number of halogens is 1. The highest BCUT2D eigenvalue weighted by atomic mass is 79.9. The second-order valence-electron chi connectivity index (χ2n) is 4.57. The summed E-state index contributed by atoms with van der Waals surface area (Å²) >= 11 is 2.92. The van der Waals surface area contributed by atoms with Crippen LogP contribution in [0.4, 0.5) is 0 Å². The Balaban J connectivity index is 1.85. The second kappa shape index (κ2) is 3.66. The van der Waals surface area contributed by atoms with E-state index in [1.165, 1.54) is 0 Å². The minimum absolute atomic E-state index is 0.0372. The molecule has 4 atom stereocenters. The fourth-order valence-electron chi connectivity index (χ4n) is 3.09. The monoisotopic (exact) mass is 299 g/mol. The van der Waals surface area contributed by atoms with Crippen molar-refractivity contribution >= 4 is 33.7 Å². The third-order valence-electron chi connectivity index (χ3n) is 3.73. The normalized spacial score (nSPS) is 37.8. The van der Waals surface area contributed by atoms with E-state index in [2.05, 4.69) is 15.9 Å². The maximum Gasteiger partial charge on any atom is 0.343 e. The quantitative estimate of drug-likeness (QED) is 0.427. The van der Waals surface area contributed by atoms with Crippen molar-refractivity contribution in [2.75, 3.05) is 5.33 Å². The highest BCUT2D eigenvalue weighted by Gasteiger charge is 2.60. The molecule has 0 aromatic carbocycles. The lowest BCUT2D eigenvalue weighted by Gasteiger charge is -2.14. The lowest BCUT2D eigenvalue weighted by atomic mass is 9.85. The summed E-state index contributed by atoms with van der Waals surface area (Å²) in [6.07, 6.45) is 4.85. The van der Waals surface area contributed by atoms with Crippen LogP contribution in [0.15, 0.2) is 12.2 Å². The van der Waals surface area contributed by atoms with Crippen LogP contribution in [0.2, 0.25) is 0 Å². The molecule has 2 unspecified atom stereocenters. The Hall–Kier alpha value is -1.17. The molecule has 1 saturated carbocycles. The summed E-state index contributed by atoms with van der Waals surface area (Å²) in [5.74, 6) is -1.74. The number of nitrogens with zero attached hydrogens (tertiary/aromatic N) is 1. The molecule has 1 heterocycles. The van der Waals surface area contributed by atoms with Crippen LogP contribution in [0, 0.1) is 23.7 Å². The summed E-state index contributed by atoms with van der Waals surface area (Å²) in [6, 6.07) is 0. The highest BCUT2D eigenvalue weighted by molar-refractivity contribution is 9.09. The van der Waals surface area contributed by atoms with Gasteiger partial charge in [0.1, 0.15) is 5.33 Å². The van der Waals surface area contributed by atoms with Crippen molar-refractivity contribution in [2.24, 2.45) is 23.7 Å². The summed E-state index contributed by atoms with van der Waals surface area (Å²) in [5.41, 5.74) is 0. The topological polar surface area (TPSA) is 63.7 Å². The molecule has 90 valence electrons. The van der Waals surface area contributed by atoms with Crippen molar-refractivity contribution in [1.82, 2.24) is 5.06 Å². The van der Waals surface area contributed by atoms with Gasteiger partial charge in [-0.05, 0) is 18.3 Å². The molecule has 5 nitrogen and oxygen atoms in total. The lowest BCUT2D eigenvalue weighted by molar-refractivity contribution is -0.197. The number of rotatable bonds is 2. The maximum atomic E-state index is 12.0. The predicted octanol–water partition coefficient (Wildman–Crippen LogP) is 0.647. The van der Waals surface area contributed by atoms with Gasteiger partial charge in [0.05, 0.1) is 11.8 Å². The molecule has 6 heteroatoms. The molecule has 0 N–H and O–H groups in total. The zero-order valence-electron chi connectivity index (χ0n) is 8.84. The number of imide groups is 1. The van der Waals surface area contributed by atoms with Crippen molar-refractivity contribution in [1.29, 1.82) is 0 Å². The molecule has 2 amide bonds. The van der Waals surface area contributed by atoms with Crippen molar-refractivity contribution in [3.8, 4) is 0 Å². The van der Waals surface area contributed by atoms with Crippen LogP contribution in [0.25, 0.3) is 0 Å². The van der Waals surface area contributed by atoms with Gasteiger partial charge in [-0.1, -0.05) is 28.1 Å². The highest BCUT2D eigenvalue weighted by Crippen LogP contribution is 2.52. The Morgan fingerprint density at radius 3 is 2.29 bits per heavy atom. The number of fused-ring (bicyclic) bond motifs is 5. The number of hydrogen-bond donors (Lipinski definition) is 0. The third kappa shape index (κ3) is 1.40. The summed E-state index contributed by atoms with van der Waals surface area (Å²) in [4.78, 5) is 39.9. The molecule has 3 rings (SSSR count). The smallest absolute Gasteiger partial charge is 0.329 e. The largest absolute Gasteiger partial charge is 0.343 e. The first-order chi connectivity index (χ1) is 8.13. The van der Waals surface area contributed by atoms with Crippen LogP contribution in [-0.4, -0.2) is 28.2 Å². The molecule has 0 aromatic heterocycles. The van der Waals surface area contributed by atoms with Crippen LogP contribution >= 0.6 is 15.9 Å². The van der Waals surface area contributed by atoms with Gasteiger partial charge >= 0.3 is 5.97 Å². The molecule has 0 spiro atoms. The number of allylic oxidation sites excluding steroid dienone is 2. The molecule has 1 aliphatic heterocycles. The number of hydrogen-bond acceptors (Lipinski definition) is 4. The first-order valence-electron chi connectivity index (χ1n) is 5.46. The molecule has 2 fully saturated rings. The van der Waals surface area contributed by atoms with Gasteiger partial charge in [0, 0.05) is 0 Å². The van der Waals surface area contributed by atoms with Crippen molar-refractivity contribution in [2.45, 2.75) is 6.42 Å². The van der Waals surface area contributed by atoms with E-state index in [0.717, 1.165) is 6.42 Å². The zero-order chi connectivity index (χ0) is 12.2. The molecule has 17 heavy (non-hydrogen) atoms. The minimum atomic E-state index is -0.632. The van der Waals surface area contributed by atoms with Gasteiger partial charge in [0.25, 0.3) is 11.8 Å². The average molecular weight is 300 g/mol.